The van der Waals surface area contributed by atoms with E-state index in [9.17, 15) is 18.0 Å². The van der Waals surface area contributed by atoms with Crippen LogP contribution in [0.25, 0.3) is 0 Å². The summed E-state index contributed by atoms with van der Waals surface area (Å²) in [5.41, 5.74) is 0.640. The molecule has 0 fully saturated rings. The third-order valence-electron chi connectivity index (χ3n) is 4.63. The number of nitrogens with zero attached hydrogens (tertiary/aromatic N) is 2. The molecule has 0 aliphatic heterocycles. The van der Waals surface area contributed by atoms with E-state index in [1.807, 2.05) is 0 Å². The summed E-state index contributed by atoms with van der Waals surface area (Å²) in [4.78, 5) is 26.6. The SMILES string of the molecule is CNC(=O)[C@H](C)N(Cc1ccc(Cl)c(Cl)c1)C(=O)CN(C)S(=O)(=O)c1ccc(Cl)cc1. The van der Waals surface area contributed by atoms with Gasteiger partial charge in [-0.05, 0) is 48.9 Å². The summed E-state index contributed by atoms with van der Waals surface area (Å²) >= 11 is 17.8. The van der Waals surface area contributed by atoms with E-state index in [1.54, 1.807) is 25.1 Å². The predicted octanol–water partition coefficient (Wildman–Crippen LogP) is 3.43. The molecule has 0 heterocycles. The van der Waals surface area contributed by atoms with Crippen LogP contribution >= 0.6 is 34.8 Å². The number of sulfonamides is 1. The number of carbonyl (C=O) groups excluding carboxylic acids is 2. The van der Waals surface area contributed by atoms with E-state index in [1.165, 1.54) is 43.3 Å². The molecular formula is C20H22Cl3N3O4S. The van der Waals surface area contributed by atoms with Gasteiger partial charge in [0.2, 0.25) is 21.8 Å². The second-order valence-electron chi connectivity index (χ2n) is 6.78. The molecule has 31 heavy (non-hydrogen) atoms. The molecule has 0 saturated carbocycles. The molecule has 0 aliphatic rings. The van der Waals surface area contributed by atoms with Crippen molar-refractivity contribution in [1.82, 2.24) is 14.5 Å². The minimum absolute atomic E-state index is 0.00239. The quantitative estimate of drug-likeness (QED) is 0.594. The van der Waals surface area contributed by atoms with Gasteiger partial charge in [0.25, 0.3) is 0 Å². The lowest BCUT2D eigenvalue weighted by atomic mass is 10.1. The molecular weight excluding hydrogens is 485 g/mol. The van der Waals surface area contributed by atoms with Crippen molar-refractivity contribution in [2.45, 2.75) is 24.4 Å². The Morgan fingerprint density at radius 1 is 1.03 bits per heavy atom. The number of carbonyl (C=O) groups is 2. The van der Waals surface area contributed by atoms with Gasteiger partial charge in [0.15, 0.2) is 0 Å². The van der Waals surface area contributed by atoms with Crippen LogP contribution in [0.4, 0.5) is 0 Å². The van der Waals surface area contributed by atoms with E-state index < -0.39 is 34.4 Å². The molecule has 168 valence electrons. The lowest BCUT2D eigenvalue weighted by Gasteiger charge is -2.30. The predicted molar refractivity (Wildman–Crippen MR) is 122 cm³/mol. The van der Waals surface area contributed by atoms with Crippen LogP contribution in [0.5, 0.6) is 0 Å². The molecule has 1 N–H and O–H groups in total. The Morgan fingerprint density at radius 3 is 2.19 bits per heavy atom. The Hall–Kier alpha value is -1.84. The average Bonchev–Trinajstić information content (AvgIpc) is 2.73. The zero-order chi connectivity index (χ0) is 23.3. The summed E-state index contributed by atoms with van der Waals surface area (Å²) in [6.45, 7) is 1.13. The van der Waals surface area contributed by atoms with Crippen LogP contribution in [0.1, 0.15) is 12.5 Å². The average molecular weight is 507 g/mol. The Labute approximate surface area is 196 Å². The second-order valence-corrected chi connectivity index (χ2v) is 10.1. The van der Waals surface area contributed by atoms with Crippen molar-refractivity contribution in [2.75, 3.05) is 20.6 Å². The molecule has 0 aromatic heterocycles. The van der Waals surface area contributed by atoms with Crippen LogP contribution in [-0.2, 0) is 26.2 Å². The molecule has 0 radical (unpaired) electrons. The molecule has 1 atom stereocenters. The summed E-state index contributed by atoms with van der Waals surface area (Å²) < 4.78 is 26.5. The molecule has 2 rings (SSSR count). The van der Waals surface area contributed by atoms with Crippen LogP contribution in [-0.4, -0.2) is 56.1 Å². The summed E-state index contributed by atoms with van der Waals surface area (Å²) in [6, 6.07) is 9.64. The number of hydrogen-bond acceptors (Lipinski definition) is 4. The highest BCUT2D eigenvalue weighted by atomic mass is 35.5. The van der Waals surface area contributed by atoms with Gasteiger partial charge in [-0.15, -0.1) is 0 Å². The fraction of sp³-hybridized carbons (Fsp3) is 0.300. The molecule has 0 saturated heterocycles. The summed E-state index contributed by atoms with van der Waals surface area (Å²) in [6.07, 6.45) is 0. The van der Waals surface area contributed by atoms with Crippen molar-refractivity contribution >= 4 is 56.6 Å². The minimum Gasteiger partial charge on any atom is -0.357 e. The van der Waals surface area contributed by atoms with Crippen molar-refractivity contribution in [2.24, 2.45) is 0 Å². The molecule has 0 bridgehead atoms. The fourth-order valence-corrected chi connectivity index (χ4v) is 4.35. The van der Waals surface area contributed by atoms with Crippen LogP contribution in [0.2, 0.25) is 15.1 Å². The number of amides is 2. The van der Waals surface area contributed by atoms with Crippen molar-refractivity contribution < 1.29 is 18.0 Å². The second kappa shape index (κ2) is 10.7. The normalized spacial score (nSPS) is 12.5. The fourth-order valence-electron chi connectivity index (χ4n) is 2.78. The zero-order valence-corrected chi connectivity index (χ0v) is 20.2. The minimum atomic E-state index is -3.93. The Bertz CT molecular complexity index is 1060. The lowest BCUT2D eigenvalue weighted by molar-refractivity contribution is -0.140. The highest BCUT2D eigenvalue weighted by molar-refractivity contribution is 7.89. The van der Waals surface area contributed by atoms with E-state index in [-0.39, 0.29) is 11.4 Å². The first-order chi connectivity index (χ1) is 14.5. The van der Waals surface area contributed by atoms with Crippen LogP contribution in [0.3, 0.4) is 0 Å². The monoisotopic (exact) mass is 505 g/mol. The van der Waals surface area contributed by atoms with Gasteiger partial charge in [0, 0.05) is 25.7 Å². The first-order valence-electron chi connectivity index (χ1n) is 9.14. The topological polar surface area (TPSA) is 86.8 Å². The van der Waals surface area contributed by atoms with E-state index in [0.717, 1.165) is 4.31 Å². The smallest absolute Gasteiger partial charge is 0.243 e. The lowest BCUT2D eigenvalue weighted by Crippen LogP contribution is -2.50. The standard InChI is InChI=1S/C20H22Cl3N3O4S/c1-13(20(28)24-2)26(11-14-4-9-17(22)18(23)10-14)19(27)12-25(3)31(29,30)16-7-5-15(21)6-8-16/h4-10,13H,11-12H2,1-3H3,(H,24,28)/t13-/m0/s1. The Morgan fingerprint density at radius 2 is 1.65 bits per heavy atom. The molecule has 0 unspecified atom stereocenters. The van der Waals surface area contributed by atoms with Crippen LogP contribution in [0.15, 0.2) is 47.4 Å². The van der Waals surface area contributed by atoms with Crippen LogP contribution in [0, 0.1) is 0 Å². The first kappa shape index (κ1) is 25.4. The zero-order valence-electron chi connectivity index (χ0n) is 17.1. The van der Waals surface area contributed by atoms with Crippen molar-refractivity contribution in [3.05, 3.63) is 63.1 Å². The third kappa shape index (κ3) is 6.33. The van der Waals surface area contributed by atoms with Gasteiger partial charge < -0.3 is 10.2 Å². The molecule has 11 heteroatoms. The maximum atomic E-state index is 13.1. The van der Waals surface area contributed by atoms with Crippen molar-refractivity contribution in [3.8, 4) is 0 Å². The molecule has 7 nitrogen and oxygen atoms in total. The number of nitrogens with one attached hydrogen (secondary N) is 1. The number of likely N-dealkylation sites (N-methyl/N-ethyl adjacent to an activating group) is 2. The van der Waals surface area contributed by atoms with E-state index in [2.05, 4.69) is 5.32 Å². The highest BCUT2D eigenvalue weighted by Gasteiger charge is 2.30. The molecule has 2 aromatic rings. The van der Waals surface area contributed by atoms with Gasteiger partial charge >= 0.3 is 0 Å². The first-order valence-corrected chi connectivity index (χ1v) is 11.7. The van der Waals surface area contributed by atoms with Crippen molar-refractivity contribution in [3.63, 3.8) is 0 Å². The van der Waals surface area contributed by atoms with Gasteiger partial charge in [0.1, 0.15) is 6.04 Å². The Balaban J connectivity index is 2.28. The number of benzene rings is 2. The molecule has 2 amide bonds. The summed E-state index contributed by atoms with van der Waals surface area (Å²) in [5, 5.41) is 3.55. The third-order valence-corrected chi connectivity index (χ3v) is 7.44. The molecule has 0 aliphatic carbocycles. The number of rotatable bonds is 8. The van der Waals surface area contributed by atoms with Gasteiger partial charge in [-0.2, -0.15) is 4.31 Å². The summed E-state index contributed by atoms with van der Waals surface area (Å²) in [7, 11) is -1.18. The highest BCUT2D eigenvalue weighted by Crippen LogP contribution is 2.24. The van der Waals surface area contributed by atoms with E-state index in [0.29, 0.717) is 20.6 Å². The van der Waals surface area contributed by atoms with E-state index in [4.69, 9.17) is 34.8 Å². The number of hydrogen-bond donors (Lipinski definition) is 1. The van der Waals surface area contributed by atoms with Gasteiger partial charge in [-0.3, -0.25) is 9.59 Å². The van der Waals surface area contributed by atoms with Gasteiger partial charge in [0.05, 0.1) is 21.5 Å². The van der Waals surface area contributed by atoms with Gasteiger partial charge in [-0.25, -0.2) is 8.42 Å². The number of halogens is 3. The maximum absolute atomic E-state index is 13.1. The molecule has 0 spiro atoms. The Kier molecular flexibility index (Phi) is 8.73. The summed E-state index contributed by atoms with van der Waals surface area (Å²) in [5.74, 6) is -0.946. The van der Waals surface area contributed by atoms with Crippen molar-refractivity contribution in [1.29, 1.82) is 0 Å². The largest absolute Gasteiger partial charge is 0.357 e. The van der Waals surface area contributed by atoms with E-state index >= 15 is 0 Å². The van der Waals surface area contributed by atoms with Gasteiger partial charge in [-0.1, -0.05) is 40.9 Å². The maximum Gasteiger partial charge on any atom is 0.243 e. The van der Waals surface area contributed by atoms with Crippen LogP contribution < -0.4 is 5.32 Å². The molecule has 2 aromatic carbocycles.